The Morgan fingerprint density at radius 3 is 2.51 bits per heavy atom. The van der Waals surface area contributed by atoms with Gasteiger partial charge in [-0.25, -0.2) is 18.4 Å². The fourth-order valence-corrected chi connectivity index (χ4v) is 5.28. The zero-order valence-electron chi connectivity index (χ0n) is 19.2. The van der Waals surface area contributed by atoms with Crippen molar-refractivity contribution in [3.63, 3.8) is 0 Å². The number of pyridine rings is 1. The van der Waals surface area contributed by atoms with Crippen LogP contribution in [0.1, 0.15) is 34.9 Å². The summed E-state index contributed by atoms with van der Waals surface area (Å²) in [6.07, 6.45) is -2.80. The smallest absolute Gasteiger partial charge is 0.416 e. The monoisotopic (exact) mass is 533 g/mol. The van der Waals surface area contributed by atoms with E-state index in [1.54, 1.807) is 13.0 Å². The SMILES string of the molecule is Cc1nc(-c2cc(C(F)(F)F)ccc2[C@@H]2CCOc3cc(S(=O)(=O)Nc4cccc(F)n4)ccc32)co1. The molecular weight excluding hydrogens is 514 g/mol. The van der Waals surface area contributed by atoms with Gasteiger partial charge in [0.15, 0.2) is 5.89 Å². The Morgan fingerprint density at radius 1 is 1.03 bits per heavy atom. The van der Waals surface area contributed by atoms with Gasteiger partial charge in [-0.1, -0.05) is 18.2 Å². The predicted molar refractivity (Wildman–Crippen MR) is 125 cm³/mol. The molecule has 0 saturated carbocycles. The first-order chi connectivity index (χ1) is 17.5. The maximum absolute atomic E-state index is 13.5. The van der Waals surface area contributed by atoms with Gasteiger partial charge in [-0.2, -0.15) is 17.6 Å². The lowest BCUT2D eigenvalue weighted by molar-refractivity contribution is -0.137. The van der Waals surface area contributed by atoms with Gasteiger partial charge in [-0.3, -0.25) is 4.72 Å². The van der Waals surface area contributed by atoms with Crippen molar-refractivity contribution in [2.45, 2.75) is 30.3 Å². The summed E-state index contributed by atoms with van der Waals surface area (Å²) in [7, 11) is -4.12. The van der Waals surface area contributed by atoms with Crippen LogP contribution in [0.4, 0.5) is 23.4 Å². The number of nitrogens with zero attached hydrogens (tertiary/aromatic N) is 2. The number of oxazole rings is 1. The van der Waals surface area contributed by atoms with E-state index in [0.29, 0.717) is 23.4 Å². The molecule has 2 aromatic carbocycles. The molecule has 192 valence electrons. The number of sulfonamides is 1. The topological polar surface area (TPSA) is 94.3 Å². The summed E-state index contributed by atoms with van der Waals surface area (Å²) < 4.78 is 92.8. The Bertz CT molecular complexity index is 1590. The number of anilines is 1. The number of halogens is 4. The van der Waals surface area contributed by atoms with Crippen molar-refractivity contribution < 1.29 is 35.1 Å². The molecule has 1 aliphatic rings. The molecule has 0 saturated heterocycles. The minimum Gasteiger partial charge on any atom is -0.493 e. The van der Waals surface area contributed by atoms with Crippen molar-refractivity contribution in [1.29, 1.82) is 0 Å². The third kappa shape index (κ3) is 5.01. The summed E-state index contributed by atoms with van der Waals surface area (Å²) in [5.41, 5.74) is 0.884. The van der Waals surface area contributed by atoms with Crippen LogP contribution in [0.2, 0.25) is 0 Å². The molecule has 3 heterocycles. The molecule has 12 heteroatoms. The molecule has 0 radical (unpaired) electrons. The number of alkyl halides is 3. The molecule has 0 fully saturated rings. The lowest BCUT2D eigenvalue weighted by Gasteiger charge is -2.28. The molecule has 0 aliphatic carbocycles. The van der Waals surface area contributed by atoms with Gasteiger partial charge >= 0.3 is 6.18 Å². The molecule has 1 N–H and O–H groups in total. The van der Waals surface area contributed by atoms with Crippen molar-refractivity contribution in [3.8, 4) is 17.0 Å². The molecule has 0 unspecified atom stereocenters. The van der Waals surface area contributed by atoms with E-state index in [0.717, 1.165) is 18.2 Å². The predicted octanol–water partition coefficient (Wildman–Crippen LogP) is 5.92. The summed E-state index contributed by atoms with van der Waals surface area (Å²) >= 11 is 0. The van der Waals surface area contributed by atoms with Crippen molar-refractivity contribution in [3.05, 3.63) is 89.4 Å². The van der Waals surface area contributed by atoms with Crippen LogP contribution in [-0.4, -0.2) is 25.0 Å². The fourth-order valence-electron chi connectivity index (χ4n) is 4.27. The second-order valence-corrected chi connectivity index (χ2v) is 10.1. The molecule has 1 atom stereocenters. The third-order valence-electron chi connectivity index (χ3n) is 5.94. The Labute approximate surface area is 209 Å². The van der Waals surface area contributed by atoms with E-state index in [1.807, 2.05) is 0 Å². The highest BCUT2D eigenvalue weighted by molar-refractivity contribution is 7.92. The quantitative estimate of drug-likeness (QED) is 0.253. The minimum absolute atomic E-state index is 0.141. The molecule has 0 spiro atoms. The average molecular weight is 534 g/mol. The molecule has 0 bridgehead atoms. The van der Waals surface area contributed by atoms with Gasteiger partial charge < -0.3 is 9.15 Å². The van der Waals surface area contributed by atoms with E-state index in [1.165, 1.54) is 36.6 Å². The first-order valence-electron chi connectivity index (χ1n) is 11.1. The van der Waals surface area contributed by atoms with Crippen molar-refractivity contribution >= 4 is 15.8 Å². The number of benzene rings is 2. The zero-order valence-corrected chi connectivity index (χ0v) is 20.0. The first kappa shape index (κ1) is 24.8. The summed E-state index contributed by atoms with van der Waals surface area (Å²) in [6.45, 7) is 1.80. The lowest BCUT2D eigenvalue weighted by Crippen LogP contribution is -2.19. The summed E-state index contributed by atoms with van der Waals surface area (Å²) in [6, 6.07) is 11.4. The standard InChI is InChI=1S/C25H19F4N3O4S/c1-14-30-21(13-36-14)20-11-15(25(27,28)29)5-7-17(20)18-9-10-35-22-12-16(6-8-19(18)22)37(33,34)32-24-4-2-3-23(26)31-24/h2-8,11-13,18H,9-10H2,1H3,(H,31,32)/t18-/m0/s1. The number of aromatic nitrogens is 2. The highest BCUT2D eigenvalue weighted by Crippen LogP contribution is 2.44. The highest BCUT2D eigenvalue weighted by Gasteiger charge is 2.34. The molecule has 4 aromatic rings. The van der Waals surface area contributed by atoms with Crippen molar-refractivity contribution in [1.82, 2.24) is 9.97 Å². The van der Waals surface area contributed by atoms with E-state index in [2.05, 4.69) is 14.7 Å². The second kappa shape index (κ2) is 9.18. The lowest BCUT2D eigenvalue weighted by atomic mass is 9.83. The Morgan fingerprint density at radius 2 is 1.81 bits per heavy atom. The Balaban J connectivity index is 1.54. The van der Waals surface area contributed by atoms with Crippen molar-refractivity contribution in [2.75, 3.05) is 11.3 Å². The highest BCUT2D eigenvalue weighted by atomic mass is 32.2. The van der Waals surface area contributed by atoms with Crippen LogP contribution >= 0.6 is 0 Å². The van der Waals surface area contributed by atoms with Crippen LogP contribution in [0.3, 0.4) is 0 Å². The molecule has 7 nitrogen and oxygen atoms in total. The summed E-state index contributed by atoms with van der Waals surface area (Å²) in [4.78, 5) is 7.59. The van der Waals surface area contributed by atoms with Gasteiger partial charge in [0.1, 0.15) is 23.5 Å². The van der Waals surface area contributed by atoms with Gasteiger partial charge in [-0.15, -0.1) is 0 Å². The number of nitrogens with one attached hydrogen (secondary N) is 1. The normalized spacial score (nSPS) is 15.6. The fraction of sp³-hybridized carbons (Fsp3) is 0.200. The van der Waals surface area contributed by atoms with Crippen LogP contribution < -0.4 is 9.46 Å². The van der Waals surface area contributed by atoms with Crippen LogP contribution in [0.15, 0.2) is 70.2 Å². The Hall–Kier alpha value is -3.93. The maximum atomic E-state index is 13.5. The van der Waals surface area contributed by atoms with Crippen LogP contribution in [0, 0.1) is 12.9 Å². The van der Waals surface area contributed by atoms with Gasteiger partial charge in [0.05, 0.1) is 17.1 Å². The van der Waals surface area contributed by atoms with Gasteiger partial charge in [0.2, 0.25) is 5.95 Å². The molecular formula is C25H19F4N3O4S. The largest absolute Gasteiger partial charge is 0.493 e. The maximum Gasteiger partial charge on any atom is 0.416 e. The number of fused-ring (bicyclic) bond motifs is 1. The third-order valence-corrected chi connectivity index (χ3v) is 7.29. The van der Waals surface area contributed by atoms with Gasteiger partial charge in [0.25, 0.3) is 10.0 Å². The van der Waals surface area contributed by atoms with E-state index in [4.69, 9.17) is 9.15 Å². The molecule has 37 heavy (non-hydrogen) atoms. The number of aryl methyl sites for hydroxylation is 1. The van der Waals surface area contributed by atoms with Gasteiger partial charge in [0, 0.05) is 30.0 Å². The zero-order chi connectivity index (χ0) is 26.4. The van der Waals surface area contributed by atoms with Crippen LogP contribution in [0.5, 0.6) is 5.75 Å². The first-order valence-corrected chi connectivity index (χ1v) is 12.6. The summed E-state index contributed by atoms with van der Waals surface area (Å²) in [5, 5.41) is 0. The number of ether oxygens (including phenoxy) is 1. The van der Waals surface area contributed by atoms with Crippen LogP contribution in [-0.2, 0) is 16.2 Å². The van der Waals surface area contributed by atoms with E-state index in [-0.39, 0.29) is 34.3 Å². The molecule has 5 rings (SSSR count). The molecule has 2 aromatic heterocycles. The number of hydrogen-bond donors (Lipinski definition) is 1. The van der Waals surface area contributed by atoms with Crippen LogP contribution in [0.25, 0.3) is 11.3 Å². The average Bonchev–Trinajstić information content (AvgIpc) is 3.28. The van der Waals surface area contributed by atoms with Gasteiger partial charge in [-0.05, 0) is 42.3 Å². The number of hydrogen-bond acceptors (Lipinski definition) is 6. The Kier molecular flexibility index (Phi) is 6.14. The summed E-state index contributed by atoms with van der Waals surface area (Å²) in [5.74, 6) is -0.845. The molecule has 0 amide bonds. The van der Waals surface area contributed by atoms with E-state index in [9.17, 15) is 26.0 Å². The second-order valence-electron chi connectivity index (χ2n) is 8.39. The molecule has 1 aliphatic heterocycles. The number of rotatable bonds is 5. The minimum atomic E-state index is -4.55. The van der Waals surface area contributed by atoms with E-state index >= 15 is 0 Å². The van der Waals surface area contributed by atoms with E-state index < -0.39 is 33.6 Å². The van der Waals surface area contributed by atoms with Crippen molar-refractivity contribution in [2.24, 2.45) is 0 Å².